The molecule has 3 aliphatic rings. The molecule has 1 aromatic rings. The van der Waals surface area contributed by atoms with Crippen LogP contribution >= 0.6 is 0 Å². The van der Waals surface area contributed by atoms with Crippen molar-refractivity contribution in [3.05, 3.63) is 23.8 Å². The second-order valence-corrected chi connectivity index (χ2v) is 8.05. The molecule has 148 valence electrons. The Hall–Kier alpha value is -2.90. The molecule has 0 atom stereocenters. The average Bonchev–Trinajstić information content (AvgIpc) is 2.89. The summed E-state index contributed by atoms with van der Waals surface area (Å²) in [4.78, 5) is 50.1. The molecule has 2 fully saturated rings. The number of nitrogens with one attached hydrogen (secondary N) is 3. The van der Waals surface area contributed by atoms with Crippen LogP contribution in [0.15, 0.2) is 18.2 Å². The number of nitrogens with zero attached hydrogens (tertiary/aromatic N) is 1. The number of benzene rings is 1. The van der Waals surface area contributed by atoms with Gasteiger partial charge < -0.3 is 16.0 Å². The van der Waals surface area contributed by atoms with E-state index in [1.807, 2.05) is 6.07 Å². The van der Waals surface area contributed by atoms with Crippen molar-refractivity contribution in [3.8, 4) is 0 Å². The van der Waals surface area contributed by atoms with Gasteiger partial charge in [-0.2, -0.15) is 0 Å². The van der Waals surface area contributed by atoms with Crippen LogP contribution in [-0.4, -0.2) is 40.7 Å². The summed E-state index contributed by atoms with van der Waals surface area (Å²) in [5.41, 5.74) is 1.43. The molecule has 4 rings (SSSR count). The third kappa shape index (κ3) is 3.34. The van der Waals surface area contributed by atoms with Gasteiger partial charge in [0.2, 0.25) is 11.8 Å². The van der Waals surface area contributed by atoms with E-state index in [2.05, 4.69) is 22.9 Å². The minimum absolute atomic E-state index is 0.0196. The van der Waals surface area contributed by atoms with Crippen LogP contribution in [0.25, 0.3) is 0 Å². The number of carbonyl (C=O) groups excluding carboxylic acids is 4. The Labute approximate surface area is 163 Å². The fourth-order valence-corrected chi connectivity index (χ4v) is 4.22. The van der Waals surface area contributed by atoms with Crippen molar-refractivity contribution < 1.29 is 19.2 Å². The molecule has 28 heavy (non-hydrogen) atoms. The summed E-state index contributed by atoms with van der Waals surface area (Å²) in [5, 5.41) is 8.35. The molecule has 1 aromatic carbocycles. The van der Waals surface area contributed by atoms with E-state index in [-0.39, 0.29) is 18.4 Å². The lowest BCUT2D eigenvalue weighted by Gasteiger charge is -2.33. The fraction of sp³-hybridized carbons (Fsp3) is 0.500. The summed E-state index contributed by atoms with van der Waals surface area (Å²) in [6.45, 7) is 1.83. The number of fused-ring (bicyclic) bond motifs is 1. The maximum atomic E-state index is 12.8. The second-order valence-electron chi connectivity index (χ2n) is 8.05. The summed E-state index contributed by atoms with van der Waals surface area (Å²) in [7, 11) is 0. The van der Waals surface area contributed by atoms with Gasteiger partial charge in [-0.05, 0) is 61.8 Å². The highest BCUT2D eigenvalue weighted by Gasteiger charge is 2.52. The zero-order chi connectivity index (χ0) is 19.9. The smallest absolute Gasteiger partial charge is 0.325 e. The Kier molecular flexibility index (Phi) is 4.56. The molecule has 8 nitrogen and oxygen atoms in total. The largest absolute Gasteiger partial charge is 0.326 e. The molecule has 8 heteroatoms. The van der Waals surface area contributed by atoms with Gasteiger partial charge in [0.15, 0.2) is 0 Å². The Balaban J connectivity index is 1.41. The first kappa shape index (κ1) is 18.5. The molecule has 2 aliphatic heterocycles. The first-order valence-electron chi connectivity index (χ1n) is 9.73. The van der Waals surface area contributed by atoms with Crippen molar-refractivity contribution in [1.29, 1.82) is 0 Å². The van der Waals surface area contributed by atoms with Crippen LogP contribution in [0.2, 0.25) is 0 Å². The number of carbonyl (C=O) groups is 4. The molecule has 0 unspecified atom stereocenters. The van der Waals surface area contributed by atoms with Crippen LogP contribution in [0.5, 0.6) is 0 Å². The summed E-state index contributed by atoms with van der Waals surface area (Å²) in [6.07, 6.45) is 4.03. The number of aryl methyl sites for hydroxylation is 1. The third-order valence-electron chi connectivity index (χ3n) is 5.96. The molecule has 1 spiro atoms. The number of imide groups is 1. The van der Waals surface area contributed by atoms with Crippen molar-refractivity contribution >= 4 is 35.1 Å². The zero-order valence-corrected chi connectivity index (χ0v) is 15.8. The van der Waals surface area contributed by atoms with E-state index in [1.54, 1.807) is 12.1 Å². The summed E-state index contributed by atoms with van der Waals surface area (Å²) >= 11 is 0. The minimum Gasteiger partial charge on any atom is -0.326 e. The molecular weight excluding hydrogens is 360 g/mol. The quantitative estimate of drug-likeness (QED) is 0.693. The van der Waals surface area contributed by atoms with Crippen LogP contribution < -0.4 is 16.0 Å². The van der Waals surface area contributed by atoms with Crippen LogP contribution in [0.1, 0.15) is 44.6 Å². The van der Waals surface area contributed by atoms with Gasteiger partial charge in [-0.15, -0.1) is 0 Å². The van der Waals surface area contributed by atoms with E-state index in [4.69, 9.17) is 0 Å². The van der Waals surface area contributed by atoms with Gasteiger partial charge in [0.1, 0.15) is 12.1 Å². The second kappa shape index (κ2) is 6.92. The van der Waals surface area contributed by atoms with Crippen molar-refractivity contribution in [2.75, 3.05) is 17.2 Å². The Morgan fingerprint density at radius 3 is 2.71 bits per heavy atom. The highest BCUT2D eigenvalue weighted by Crippen LogP contribution is 2.36. The number of amides is 5. The van der Waals surface area contributed by atoms with Crippen LogP contribution in [0.4, 0.5) is 16.2 Å². The summed E-state index contributed by atoms with van der Waals surface area (Å²) in [5.74, 6) is -0.201. The van der Waals surface area contributed by atoms with Gasteiger partial charge in [-0.25, -0.2) is 4.79 Å². The number of anilines is 2. The highest BCUT2D eigenvalue weighted by molar-refractivity contribution is 6.10. The Morgan fingerprint density at radius 2 is 1.96 bits per heavy atom. The van der Waals surface area contributed by atoms with E-state index in [0.29, 0.717) is 37.3 Å². The SMILES string of the molecule is CC1CCC2(CC1)NC(=O)N(CC(=O)Nc1ccc3c(c1)CCC(=O)N3)C2=O. The third-order valence-corrected chi connectivity index (χ3v) is 5.96. The molecule has 5 amide bonds. The zero-order valence-electron chi connectivity index (χ0n) is 15.8. The van der Waals surface area contributed by atoms with Gasteiger partial charge in [-0.1, -0.05) is 6.92 Å². The van der Waals surface area contributed by atoms with Crippen molar-refractivity contribution in [1.82, 2.24) is 10.2 Å². The van der Waals surface area contributed by atoms with Crippen LogP contribution in [0, 0.1) is 5.92 Å². The van der Waals surface area contributed by atoms with E-state index in [1.165, 1.54) is 0 Å². The predicted molar refractivity (Wildman–Crippen MR) is 103 cm³/mol. The van der Waals surface area contributed by atoms with Crippen molar-refractivity contribution in [2.24, 2.45) is 5.92 Å². The Bertz CT molecular complexity index is 858. The molecule has 3 N–H and O–H groups in total. The maximum absolute atomic E-state index is 12.8. The summed E-state index contributed by atoms with van der Waals surface area (Å²) in [6, 6.07) is 4.75. The average molecular weight is 384 g/mol. The summed E-state index contributed by atoms with van der Waals surface area (Å²) < 4.78 is 0. The van der Waals surface area contributed by atoms with Crippen LogP contribution in [-0.2, 0) is 20.8 Å². The standard InChI is InChI=1S/C20H24N4O4/c1-12-6-8-20(9-7-12)18(27)24(19(28)23-20)11-17(26)21-14-3-4-15-13(10-14)2-5-16(25)22-15/h3-4,10,12H,2,5-9,11H2,1H3,(H,21,26)(H,22,25)(H,23,28). The van der Waals surface area contributed by atoms with Crippen molar-refractivity contribution in [3.63, 3.8) is 0 Å². The van der Waals surface area contributed by atoms with Gasteiger partial charge >= 0.3 is 6.03 Å². The molecule has 1 saturated heterocycles. The topological polar surface area (TPSA) is 108 Å². The Morgan fingerprint density at radius 1 is 1.21 bits per heavy atom. The minimum atomic E-state index is -0.839. The normalized spacial score (nSPS) is 26.7. The first-order valence-corrected chi connectivity index (χ1v) is 9.73. The van der Waals surface area contributed by atoms with E-state index in [0.717, 1.165) is 29.0 Å². The predicted octanol–water partition coefficient (Wildman–Crippen LogP) is 2.01. The van der Waals surface area contributed by atoms with Gasteiger partial charge in [0, 0.05) is 17.8 Å². The highest BCUT2D eigenvalue weighted by atomic mass is 16.2. The molecular formula is C20H24N4O4. The molecule has 0 bridgehead atoms. The number of hydrogen-bond acceptors (Lipinski definition) is 4. The van der Waals surface area contributed by atoms with E-state index >= 15 is 0 Å². The van der Waals surface area contributed by atoms with Crippen LogP contribution in [0.3, 0.4) is 0 Å². The molecule has 2 heterocycles. The number of rotatable bonds is 3. The molecule has 0 radical (unpaired) electrons. The maximum Gasteiger partial charge on any atom is 0.325 e. The number of urea groups is 1. The lowest BCUT2D eigenvalue weighted by Crippen LogP contribution is -2.49. The lowest BCUT2D eigenvalue weighted by molar-refractivity contribution is -0.135. The molecule has 0 aromatic heterocycles. The van der Waals surface area contributed by atoms with Gasteiger partial charge in [-0.3, -0.25) is 19.3 Å². The monoisotopic (exact) mass is 384 g/mol. The first-order chi connectivity index (χ1) is 13.4. The molecule has 1 aliphatic carbocycles. The van der Waals surface area contributed by atoms with Gasteiger partial charge in [0.05, 0.1) is 0 Å². The lowest BCUT2D eigenvalue weighted by atomic mass is 9.77. The van der Waals surface area contributed by atoms with Gasteiger partial charge in [0.25, 0.3) is 5.91 Å². The van der Waals surface area contributed by atoms with E-state index < -0.39 is 17.5 Å². The molecule has 1 saturated carbocycles. The van der Waals surface area contributed by atoms with Crippen molar-refractivity contribution in [2.45, 2.75) is 51.0 Å². The fourth-order valence-electron chi connectivity index (χ4n) is 4.22. The van der Waals surface area contributed by atoms with E-state index in [9.17, 15) is 19.2 Å². The number of hydrogen-bond donors (Lipinski definition) is 3.